The van der Waals surface area contributed by atoms with Crippen molar-refractivity contribution in [1.29, 1.82) is 0 Å². The number of hydrogen-bond acceptors (Lipinski definition) is 4. The van der Waals surface area contributed by atoms with Gasteiger partial charge < -0.3 is 14.9 Å². The molecule has 4 nitrogen and oxygen atoms in total. The van der Waals surface area contributed by atoms with Crippen LogP contribution in [0.2, 0.25) is 0 Å². The largest absolute Gasteiger partial charge is 0.416 e. The molecule has 1 saturated heterocycles. The standard InChI is InChI=1S/C20H18F7NO3/c21-15-3-1-11(2-4-15)17-18(30)31-6-5-28(17)10-16(29)12-7-13(19(22,23)24)9-14(8-12)20(25,26)27/h1-4,7-9,16-18,29-30H,5-6,10H2/t16-,17+,18+/m1/s1. The lowest BCUT2D eigenvalue weighted by molar-refractivity contribution is -0.185. The summed E-state index contributed by atoms with van der Waals surface area (Å²) in [5.41, 5.74) is -3.23. The normalized spacial score (nSPS) is 21.8. The molecule has 31 heavy (non-hydrogen) atoms. The zero-order valence-electron chi connectivity index (χ0n) is 15.8. The Labute approximate surface area is 172 Å². The predicted molar refractivity (Wildman–Crippen MR) is 94.1 cm³/mol. The summed E-state index contributed by atoms with van der Waals surface area (Å²) in [4.78, 5) is 1.46. The van der Waals surface area contributed by atoms with E-state index in [1.165, 1.54) is 17.0 Å². The Morgan fingerprint density at radius 2 is 1.52 bits per heavy atom. The number of rotatable bonds is 4. The van der Waals surface area contributed by atoms with Crippen LogP contribution < -0.4 is 0 Å². The molecule has 0 unspecified atom stereocenters. The van der Waals surface area contributed by atoms with Gasteiger partial charge in [0.15, 0.2) is 6.29 Å². The highest BCUT2D eigenvalue weighted by Gasteiger charge is 2.38. The summed E-state index contributed by atoms with van der Waals surface area (Å²) in [7, 11) is 0. The summed E-state index contributed by atoms with van der Waals surface area (Å²) < 4.78 is 96.9. The third kappa shape index (κ3) is 5.53. The molecule has 0 radical (unpaired) electrons. The van der Waals surface area contributed by atoms with Crippen molar-refractivity contribution >= 4 is 0 Å². The SMILES string of the molecule is O[C@H](CN1CCO[C@H](O)[C@@H]1c1ccc(F)cc1)c1cc(C(F)(F)F)cc(C(F)(F)F)c1. The van der Waals surface area contributed by atoms with Crippen LogP contribution >= 0.6 is 0 Å². The van der Waals surface area contributed by atoms with E-state index in [0.29, 0.717) is 17.7 Å². The topological polar surface area (TPSA) is 52.9 Å². The molecule has 1 fully saturated rings. The molecule has 0 amide bonds. The van der Waals surface area contributed by atoms with Gasteiger partial charge in [-0.15, -0.1) is 0 Å². The number of alkyl halides is 6. The van der Waals surface area contributed by atoms with E-state index < -0.39 is 53.3 Å². The third-order valence-corrected chi connectivity index (χ3v) is 4.94. The van der Waals surface area contributed by atoms with Crippen LogP contribution in [-0.2, 0) is 17.1 Å². The van der Waals surface area contributed by atoms with Crippen molar-refractivity contribution in [3.63, 3.8) is 0 Å². The highest BCUT2D eigenvalue weighted by molar-refractivity contribution is 5.35. The molecule has 1 aliphatic rings. The van der Waals surface area contributed by atoms with Crippen molar-refractivity contribution in [3.8, 4) is 0 Å². The lowest BCUT2D eigenvalue weighted by atomic mass is 9.98. The van der Waals surface area contributed by atoms with Crippen molar-refractivity contribution in [1.82, 2.24) is 4.90 Å². The summed E-state index contributed by atoms with van der Waals surface area (Å²) in [6.45, 7) is -0.246. The van der Waals surface area contributed by atoms with Crippen molar-refractivity contribution < 1.29 is 45.7 Å². The maximum Gasteiger partial charge on any atom is 0.416 e. The van der Waals surface area contributed by atoms with Gasteiger partial charge in [-0.05, 0) is 41.5 Å². The molecule has 0 saturated carbocycles. The van der Waals surface area contributed by atoms with E-state index >= 15 is 0 Å². The van der Waals surface area contributed by atoms with Gasteiger partial charge in [0, 0.05) is 13.1 Å². The first-order valence-electron chi connectivity index (χ1n) is 9.13. The van der Waals surface area contributed by atoms with Gasteiger partial charge >= 0.3 is 12.4 Å². The van der Waals surface area contributed by atoms with Gasteiger partial charge in [-0.3, -0.25) is 4.90 Å². The van der Waals surface area contributed by atoms with Crippen LogP contribution in [0.4, 0.5) is 30.7 Å². The maximum atomic E-state index is 13.2. The molecule has 0 bridgehead atoms. The zero-order chi connectivity index (χ0) is 23.0. The van der Waals surface area contributed by atoms with Crippen LogP contribution in [-0.4, -0.2) is 41.1 Å². The Bertz CT molecular complexity index is 867. The minimum Gasteiger partial charge on any atom is -0.387 e. The lowest BCUT2D eigenvalue weighted by Gasteiger charge is -2.40. The Hall–Kier alpha value is -2.21. The van der Waals surface area contributed by atoms with E-state index in [2.05, 4.69) is 0 Å². The zero-order valence-corrected chi connectivity index (χ0v) is 15.8. The molecule has 0 aromatic heterocycles. The summed E-state index contributed by atoms with van der Waals surface area (Å²) in [6, 6.07) is 4.99. The van der Waals surface area contributed by atoms with E-state index in [1.807, 2.05) is 0 Å². The second-order valence-electron chi connectivity index (χ2n) is 7.11. The molecule has 1 heterocycles. The molecule has 0 spiro atoms. The molecule has 170 valence electrons. The molecular weight excluding hydrogens is 435 g/mol. The fourth-order valence-electron chi connectivity index (χ4n) is 3.44. The quantitative estimate of drug-likeness (QED) is 0.679. The molecule has 3 rings (SSSR count). The molecule has 2 aromatic carbocycles. The van der Waals surface area contributed by atoms with E-state index in [1.54, 1.807) is 0 Å². The van der Waals surface area contributed by atoms with Crippen LogP contribution in [0.3, 0.4) is 0 Å². The van der Waals surface area contributed by atoms with Gasteiger partial charge in [0.1, 0.15) is 5.82 Å². The minimum absolute atomic E-state index is 0.0158. The number of benzene rings is 2. The molecule has 0 aliphatic carbocycles. The van der Waals surface area contributed by atoms with E-state index in [0.717, 1.165) is 12.1 Å². The predicted octanol–water partition coefficient (Wildman–Crippen LogP) is 4.29. The first-order chi connectivity index (χ1) is 14.4. The van der Waals surface area contributed by atoms with Gasteiger partial charge in [0.05, 0.1) is 29.9 Å². The van der Waals surface area contributed by atoms with Crippen molar-refractivity contribution in [2.75, 3.05) is 19.7 Å². The fourth-order valence-corrected chi connectivity index (χ4v) is 3.44. The van der Waals surface area contributed by atoms with Crippen LogP contribution in [0.25, 0.3) is 0 Å². The summed E-state index contributed by atoms with van der Waals surface area (Å²) in [5.74, 6) is -0.537. The first kappa shape index (κ1) is 23.5. The first-order valence-corrected chi connectivity index (χ1v) is 9.13. The summed E-state index contributed by atoms with van der Waals surface area (Å²) >= 11 is 0. The molecule has 2 aromatic rings. The van der Waals surface area contributed by atoms with E-state index in [4.69, 9.17) is 4.74 Å². The Morgan fingerprint density at radius 3 is 2.03 bits per heavy atom. The number of nitrogens with zero attached hydrogens (tertiary/aromatic N) is 1. The minimum atomic E-state index is -5.04. The number of hydrogen-bond donors (Lipinski definition) is 2. The molecule has 2 N–H and O–H groups in total. The highest BCUT2D eigenvalue weighted by Crippen LogP contribution is 2.38. The van der Waals surface area contributed by atoms with Gasteiger partial charge in [0.25, 0.3) is 0 Å². The van der Waals surface area contributed by atoms with Gasteiger partial charge in [-0.1, -0.05) is 12.1 Å². The third-order valence-electron chi connectivity index (χ3n) is 4.94. The second-order valence-corrected chi connectivity index (χ2v) is 7.11. The smallest absolute Gasteiger partial charge is 0.387 e. The molecule has 11 heteroatoms. The maximum absolute atomic E-state index is 13.2. The van der Waals surface area contributed by atoms with Crippen LogP contribution in [0.5, 0.6) is 0 Å². The molecule has 3 atom stereocenters. The highest BCUT2D eigenvalue weighted by atomic mass is 19.4. The fraction of sp³-hybridized carbons (Fsp3) is 0.400. The number of aliphatic hydroxyl groups is 2. The van der Waals surface area contributed by atoms with Gasteiger partial charge in [-0.2, -0.15) is 26.3 Å². The van der Waals surface area contributed by atoms with Crippen LogP contribution in [0, 0.1) is 5.82 Å². The Balaban J connectivity index is 1.91. The van der Waals surface area contributed by atoms with E-state index in [-0.39, 0.29) is 25.8 Å². The van der Waals surface area contributed by atoms with Crippen molar-refractivity contribution in [2.24, 2.45) is 0 Å². The number of morpholine rings is 1. The molecular formula is C20H18F7NO3. The number of β-amino-alcohol motifs (C(OH)–C–C–N with tert-alkyl or cyclic N) is 1. The van der Waals surface area contributed by atoms with Gasteiger partial charge in [0.2, 0.25) is 0 Å². The average molecular weight is 453 g/mol. The molecule has 1 aliphatic heterocycles. The average Bonchev–Trinajstić information content (AvgIpc) is 2.67. The van der Waals surface area contributed by atoms with E-state index in [9.17, 15) is 40.9 Å². The Morgan fingerprint density at radius 1 is 0.968 bits per heavy atom. The number of halogens is 7. The van der Waals surface area contributed by atoms with Crippen molar-refractivity contribution in [2.45, 2.75) is 30.8 Å². The van der Waals surface area contributed by atoms with Crippen LogP contribution in [0.15, 0.2) is 42.5 Å². The Kier molecular flexibility index (Phi) is 6.61. The monoisotopic (exact) mass is 453 g/mol. The number of aliphatic hydroxyl groups excluding tert-OH is 2. The second kappa shape index (κ2) is 8.73. The summed E-state index contributed by atoms with van der Waals surface area (Å²) in [6.07, 6.45) is -13.2. The van der Waals surface area contributed by atoms with Gasteiger partial charge in [-0.25, -0.2) is 4.39 Å². The number of ether oxygens (including phenoxy) is 1. The lowest BCUT2D eigenvalue weighted by Crippen LogP contribution is -2.46. The van der Waals surface area contributed by atoms with Crippen LogP contribution in [0.1, 0.15) is 34.4 Å². The van der Waals surface area contributed by atoms with Crippen molar-refractivity contribution in [3.05, 3.63) is 70.5 Å². The summed E-state index contributed by atoms with van der Waals surface area (Å²) in [5, 5.41) is 20.7.